The molecule has 0 radical (unpaired) electrons. The van der Waals surface area contributed by atoms with Gasteiger partial charge in [-0.25, -0.2) is 13.1 Å². The zero-order chi connectivity index (χ0) is 16.8. The van der Waals surface area contributed by atoms with Crippen LogP contribution in [0.4, 0.5) is 0 Å². The third-order valence-electron chi connectivity index (χ3n) is 3.08. The van der Waals surface area contributed by atoms with Crippen molar-refractivity contribution in [2.24, 2.45) is 0 Å². The Kier molecular flexibility index (Phi) is 7.02. The predicted octanol–water partition coefficient (Wildman–Crippen LogP) is 2.95. The fourth-order valence-electron chi connectivity index (χ4n) is 2.00. The van der Waals surface area contributed by atoms with Crippen LogP contribution in [0, 0.1) is 0 Å². The van der Waals surface area contributed by atoms with Gasteiger partial charge in [-0.3, -0.25) is 4.79 Å². The molecule has 5 nitrogen and oxygen atoms in total. The highest BCUT2D eigenvalue weighted by Gasteiger charge is 2.26. The molecule has 0 aliphatic carbocycles. The van der Waals surface area contributed by atoms with E-state index in [1.54, 1.807) is 20.8 Å². The van der Waals surface area contributed by atoms with Crippen LogP contribution in [0.5, 0.6) is 0 Å². The number of carbonyl (C=O) groups is 1. The van der Waals surface area contributed by atoms with Crippen LogP contribution in [0.15, 0.2) is 28.7 Å². The maximum absolute atomic E-state index is 12.2. The van der Waals surface area contributed by atoms with E-state index in [1.807, 2.05) is 24.3 Å². The van der Waals surface area contributed by atoms with Crippen LogP contribution in [0.25, 0.3) is 0 Å². The van der Waals surface area contributed by atoms with E-state index in [9.17, 15) is 13.2 Å². The van der Waals surface area contributed by atoms with Crippen molar-refractivity contribution in [3.8, 4) is 0 Å². The first kappa shape index (κ1) is 19.1. The number of rotatable bonds is 8. The van der Waals surface area contributed by atoms with Gasteiger partial charge in [-0.2, -0.15) is 0 Å². The molecule has 1 aromatic carbocycles. The van der Waals surface area contributed by atoms with Crippen molar-refractivity contribution in [1.29, 1.82) is 0 Å². The van der Waals surface area contributed by atoms with Crippen LogP contribution >= 0.6 is 15.9 Å². The van der Waals surface area contributed by atoms with Crippen molar-refractivity contribution in [3.63, 3.8) is 0 Å². The quantitative estimate of drug-likeness (QED) is 0.691. The molecule has 0 aromatic heterocycles. The fraction of sp³-hybridized carbons (Fsp3) is 0.533. The second-order valence-electron chi connectivity index (χ2n) is 5.46. The summed E-state index contributed by atoms with van der Waals surface area (Å²) < 4.78 is 32.7. The topological polar surface area (TPSA) is 72.5 Å². The van der Waals surface area contributed by atoms with Crippen LogP contribution < -0.4 is 4.72 Å². The van der Waals surface area contributed by atoms with Gasteiger partial charge in [0.2, 0.25) is 10.0 Å². The summed E-state index contributed by atoms with van der Waals surface area (Å²) in [7, 11) is -3.48. The lowest BCUT2D eigenvalue weighted by molar-refractivity contribution is -0.143. The van der Waals surface area contributed by atoms with Gasteiger partial charge in [0.25, 0.3) is 0 Å². The summed E-state index contributed by atoms with van der Waals surface area (Å²) >= 11 is 3.35. The van der Waals surface area contributed by atoms with Gasteiger partial charge in [-0.1, -0.05) is 28.1 Å². The van der Waals surface area contributed by atoms with E-state index in [-0.39, 0.29) is 24.6 Å². The zero-order valence-electron chi connectivity index (χ0n) is 13.1. The number of hydrogen-bond donors (Lipinski definition) is 1. The van der Waals surface area contributed by atoms with Crippen molar-refractivity contribution in [2.45, 2.75) is 39.2 Å². The number of esters is 1. The lowest BCUT2D eigenvalue weighted by atomic mass is 9.96. The van der Waals surface area contributed by atoms with Gasteiger partial charge in [0.1, 0.15) is 0 Å². The average molecular weight is 392 g/mol. The molecule has 0 saturated heterocycles. The molecule has 1 rings (SSSR count). The maximum Gasteiger partial charge on any atom is 0.305 e. The molecule has 0 unspecified atom stereocenters. The minimum Gasteiger partial charge on any atom is -0.466 e. The van der Waals surface area contributed by atoms with Crippen molar-refractivity contribution < 1.29 is 17.9 Å². The van der Waals surface area contributed by atoms with Crippen molar-refractivity contribution in [1.82, 2.24) is 4.72 Å². The number of sulfonamides is 1. The largest absolute Gasteiger partial charge is 0.466 e. The summed E-state index contributed by atoms with van der Waals surface area (Å²) in [6.45, 7) is 5.63. The zero-order valence-corrected chi connectivity index (χ0v) is 15.5. The van der Waals surface area contributed by atoms with E-state index in [1.165, 1.54) is 0 Å². The SMILES string of the molecule is CCOC(=O)CCCS(=O)(=O)NC(C)(C)c1ccc(Br)cc1. The molecule has 0 atom stereocenters. The first-order valence-corrected chi connectivity index (χ1v) is 9.54. The molecule has 0 spiro atoms. The van der Waals surface area contributed by atoms with Gasteiger partial charge < -0.3 is 4.74 Å². The summed E-state index contributed by atoms with van der Waals surface area (Å²) in [5.74, 6) is -0.476. The highest BCUT2D eigenvalue weighted by molar-refractivity contribution is 9.10. The number of halogens is 1. The molecule has 7 heteroatoms. The summed E-state index contributed by atoms with van der Waals surface area (Å²) in [4.78, 5) is 11.2. The first-order valence-electron chi connectivity index (χ1n) is 7.09. The molecule has 0 amide bonds. The molecule has 0 heterocycles. The summed E-state index contributed by atoms with van der Waals surface area (Å²) in [6, 6.07) is 7.47. The van der Waals surface area contributed by atoms with E-state index in [0.717, 1.165) is 10.0 Å². The third kappa shape index (κ3) is 6.46. The standard InChI is InChI=1S/C15H22BrNO4S/c1-4-21-14(18)6-5-11-22(19,20)17-15(2,3)12-7-9-13(16)10-8-12/h7-10,17H,4-6,11H2,1-3H3. The van der Waals surface area contributed by atoms with Crippen LogP contribution in [-0.2, 0) is 25.1 Å². The molecule has 124 valence electrons. The van der Waals surface area contributed by atoms with Gasteiger partial charge in [0, 0.05) is 10.9 Å². The molecule has 1 N–H and O–H groups in total. The summed E-state index contributed by atoms with van der Waals surface area (Å²) in [6.07, 6.45) is 0.345. The number of hydrogen-bond acceptors (Lipinski definition) is 4. The summed E-state index contributed by atoms with van der Waals surface area (Å²) in [5, 5.41) is 0. The van der Waals surface area contributed by atoms with E-state index < -0.39 is 15.6 Å². The Hall–Kier alpha value is -0.920. The minimum absolute atomic E-state index is 0.105. The Morgan fingerprint density at radius 1 is 1.27 bits per heavy atom. The molecule has 0 aliphatic heterocycles. The Labute approximate surface area is 140 Å². The van der Waals surface area contributed by atoms with Gasteiger partial charge in [0.05, 0.1) is 17.9 Å². The van der Waals surface area contributed by atoms with Gasteiger partial charge in [-0.05, 0) is 44.9 Å². The van der Waals surface area contributed by atoms with E-state index in [2.05, 4.69) is 20.7 Å². The second kappa shape index (κ2) is 8.08. The predicted molar refractivity (Wildman–Crippen MR) is 90.0 cm³/mol. The Morgan fingerprint density at radius 3 is 2.41 bits per heavy atom. The molecule has 0 saturated carbocycles. The van der Waals surface area contributed by atoms with Crippen molar-refractivity contribution >= 4 is 31.9 Å². The molecular weight excluding hydrogens is 370 g/mol. The molecule has 0 fully saturated rings. The van der Waals surface area contributed by atoms with Crippen LogP contribution in [0.2, 0.25) is 0 Å². The Morgan fingerprint density at radius 2 is 1.86 bits per heavy atom. The third-order valence-corrected chi connectivity index (χ3v) is 5.25. The van der Waals surface area contributed by atoms with Crippen LogP contribution in [0.3, 0.4) is 0 Å². The van der Waals surface area contributed by atoms with E-state index in [4.69, 9.17) is 4.74 Å². The first-order chi connectivity index (χ1) is 10.2. The number of carbonyl (C=O) groups excluding carboxylic acids is 1. The number of nitrogens with one attached hydrogen (secondary N) is 1. The lowest BCUT2D eigenvalue weighted by Gasteiger charge is -2.26. The van der Waals surface area contributed by atoms with Gasteiger partial charge >= 0.3 is 5.97 Å². The molecule has 0 bridgehead atoms. The summed E-state index contributed by atoms with van der Waals surface area (Å²) in [5.41, 5.74) is 0.147. The minimum atomic E-state index is -3.48. The smallest absolute Gasteiger partial charge is 0.305 e. The van der Waals surface area contributed by atoms with Crippen molar-refractivity contribution in [2.75, 3.05) is 12.4 Å². The van der Waals surface area contributed by atoms with Crippen molar-refractivity contribution in [3.05, 3.63) is 34.3 Å². The normalized spacial score (nSPS) is 12.2. The maximum atomic E-state index is 12.2. The highest BCUT2D eigenvalue weighted by atomic mass is 79.9. The van der Waals surface area contributed by atoms with Crippen LogP contribution in [-0.4, -0.2) is 26.7 Å². The molecule has 22 heavy (non-hydrogen) atoms. The number of ether oxygens (including phenoxy) is 1. The van der Waals surface area contributed by atoms with E-state index in [0.29, 0.717) is 6.61 Å². The lowest BCUT2D eigenvalue weighted by Crippen LogP contribution is -2.42. The van der Waals surface area contributed by atoms with Gasteiger partial charge in [-0.15, -0.1) is 0 Å². The van der Waals surface area contributed by atoms with Gasteiger partial charge in [0.15, 0.2) is 0 Å². The average Bonchev–Trinajstić information content (AvgIpc) is 2.37. The van der Waals surface area contributed by atoms with Crippen LogP contribution in [0.1, 0.15) is 39.2 Å². The fourth-order valence-corrected chi connectivity index (χ4v) is 3.79. The molecular formula is C15H22BrNO4S. The highest BCUT2D eigenvalue weighted by Crippen LogP contribution is 2.23. The molecule has 0 aliphatic rings. The monoisotopic (exact) mass is 391 g/mol. The number of benzene rings is 1. The second-order valence-corrected chi connectivity index (χ2v) is 8.22. The Balaban J connectivity index is 2.62. The Bertz CT molecular complexity index is 596. The van der Waals surface area contributed by atoms with E-state index >= 15 is 0 Å². The molecule has 1 aromatic rings.